The van der Waals surface area contributed by atoms with Gasteiger partial charge in [-0.05, 0) is 13.8 Å². The highest BCUT2D eigenvalue weighted by molar-refractivity contribution is 5.77. The van der Waals surface area contributed by atoms with Gasteiger partial charge in [0.25, 0.3) is 0 Å². The van der Waals surface area contributed by atoms with Crippen LogP contribution in [0.2, 0.25) is 0 Å². The smallest absolute Gasteiger partial charge is 0.220 e. The minimum absolute atomic E-state index is 0.0125. The monoisotopic (exact) mass is 433 g/mol. The summed E-state index contributed by atoms with van der Waals surface area (Å²) in [5.74, 6) is 1.33. The summed E-state index contributed by atoms with van der Waals surface area (Å²) in [5, 5.41) is 3.06. The minimum Gasteiger partial charge on any atom is -0.440 e. The number of carbonyl (C=O) groups is 1. The Bertz CT molecular complexity index is 947. The number of benzene rings is 2. The fourth-order valence-corrected chi connectivity index (χ4v) is 4.13. The van der Waals surface area contributed by atoms with Gasteiger partial charge in [0, 0.05) is 49.1 Å². The predicted octanol–water partition coefficient (Wildman–Crippen LogP) is 4.17. The van der Waals surface area contributed by atoms with Crippen LogP contribution >= 0.6 is 0 Å². The van der Waals surface area contributed by atoms with Crippen molar-refractivity contribution >= 4 is 5.91 Å². The van der Waals surface area contributed by atoms with Crippen molar-refractivity contribution in [2.45, 2.75) is 38.8 Å². The Morgan fingerprint density at radius 3 is 2.50 bits per heavy atom. The second-order valence-corrected chi connectivity index (χ2v) is 8.33. The highest BCUT2D eigenvalue weighted by Gasteiger charge is 2.24. The second kappa shape index (κ2) is 10.6. The van der Waals surface area contributed by atoms with Gasteiger partial charge in [0.15, 0.2) is 11.7 Å². The van der Waals surface area contributed by atoms with Gasteiger partial charge in [-0.25, -0.2) is 4.98 Å². The van der Waals surface area contributed by atoms with Crippen LogP contribution in [0.15, 0.2) is 65.1 Å². The first-order valence-corrected chi connectivity index (χ1v) is 11.3. The molecule has 1 aliphatic heterocycles. The molecule has 0 spiro atoms. The molecule has 3 aromatic rings. The summed E-state index contributed by atoms with van der Waals surface area (Å²) in [4.78, 5) is 19.6. The molecule has 0 aliphatic carbocycles. The van der Waals surface area contributed by atoms with Crippen molar-refractivity contribution in [1.29, 1.82) is 0 Å². The number of aromatic nitrogens is 1. The molecule has 1 aromatic heterocycles. The lowest BCUT2D eigenvalue weighted by atomic mass is 10.1. The van der Waals surface area contributed by atoms with E-state index in [2.05, 4.69) is 24.1 Å². The summed E-state index contributed by atoms with van der Waals surface area (Å²) >= 11 is 0. The number of aryl methyl sites for hydroxylation is 1. The van der Waals surface area contributed by atoms with E-state index in [1.165, 1.54) is 0 Å². The summed E-state index contributed by atoms with van der Waals surface area (Å²) in [6.45, 7) is 7.33. The number of hydrogen-bond acceptors (Lipinski definition) is 5. The van der Waals surface area contributed by atoms with E-state index in [0.717, 1.165) is 42.3 Å². The minimum atomic E-state index is 0.0125. The van der Waals surface area contributed by atoms with Crippen LogP contribution < -0.4 is 5.32 Å². The summed E-state index contributed by atoms with van der Waals surface area (Å²) in [6.07, 6.45) is 0.801. The zero-order valence-electron chi connectivity index (χ0n) is 18.8. The second-order valence-electron chi connectivity index (χ2n) is 8.33. The molecule has 1 amide bonds. The summed E-state index contributed by atoms with van der Waals surface area (Å²) in [6, 6.07) is 20.6. The normalized spacial score (nSPS) is 17.8. The molecular weight excluding hydrogens is 402 g/mol. The largest absolute Gasteiger partial charge is 0.440 e. The maximum Gasteiger partial charge on any atom is 0.220 e. The third kappa shape index (κ3) is 5.44. The Morgan fingerprint density at radius 1 is 1.12 bits per heavy atom. The van der Waals surface area contributed by atoms with Crippen molar-refractivity contribution < 1.29 is 13.9 Å². The van der Waals surface area contributed by atoms with Crippen molar-refractivity contribution in [2.24, 2.45) is 0 Å². The number of oxazole rings is 1. The van der Waals surface area contributed by atoms with Gasteiger partial charge in [-0.3, -0.25) is 9.69 Å². The van der Waals surface area contributed by atoms with E-state index in [4.69, 9.17) is 14.1 Å². The fraction of sp³-hybridized carbons (Fsp3) is 0.385. The highest BCUT2D eigenvalue weighted by Crippen LogP contribution is 2.32. The summed E-state index contributed by atoms with van der Waals surface area (Å²) < 4.78 is 11.6. The Kier molecular flexibility index (Phi) is 7.35. The van der Waals surface area contributed by atoms with Crippen molar-refractivity contribution in [3.8, 4) is 22.6 Å². The lowest BCUT2D eigenvalue weighted by Crippen LogP contribution is -2.51. The Hall–Kier alpha value is -2.96. The molecule has 32 heavy (non-hydrogen) atoms. The number of rotatable bonds is 8. The maximum atomic E-state index is 12.5. The van der Waals surface area contributed by atoms with Crippen LogP contribution in [0.5, 0.6) is 0 Å². The predicted molar refractivity (Wildman–Crippen MR) is 125 cm³/mol. The number of hydrogen-bond donors (Lipinski definition) is 1. The molecule has 0 saturated carbocycles. The third-order valence-corrected chi connectivity index (χ3v) is 5.90. The first-order chi connectivity index (χ1) is 15.6. The third-order valence-electron chi connectivity index (χ3n) is 5.90. The average Bonchev–Trinajstić information content (AvgIpc) is 3.27. The van der Waals surface area contributed by atoms with Gasteiger partial charge in [-0.1, -0.05) is 60.7 Å². The number of carbonyl (C=O) groups excluding carboxylic acids is 1. The van der Waals surface area contributed by atoms with Crippen LogP contribution in [0, 0.1) is 0 Å². The van der Waals surface area contributed by atoms with Gasteiger partial charge in [0.05, 0.1) is 13.2 Å². The van der Waals surface area contributed by atoms with E-state index in [-0.39, 0.29) is 11.9 Å². The molecule has 1 saturated heterocycles. The van der Waals surface area contributed by atoms with Crippen molar-refractivity contribution in [2.75, 3.05) is 26.3 Å². The van der Waals surface area contributed by atoms with Gasteiger partial charge >= 0.3 is 0 Å². The first kappa shape index (κ1) is 22.2. The van der Waals surface area contributed by atoms with E-state index in [1.807, 2.05) is 60.7 Å². The molecular formula is C26H31N3O3. The van der Waals surface area contributed by atoms with E-state index in [9.17, 15) is 4.79 Å². The van der Waals surface area contributed by atoms with Crippen LogP contribution in [0.3, 0.4) is 0 Å². The Balaban J connectivity index is 1.39. The molecule has 6 nitrogen and oxygen atoms in total. The van der Waals surface area contributed by atoms with Crippen LogP contribution in [0.1, 0.15) is 26.2 Å². The number of nitrogens with zero attached hydrogens (tertiary/aromatic N) is 2. The summed E-state index contributed by atoms with van der Waals surface area (Å²) in [7, 11) is 0. The number of amides is 1. The molecule has 6 heteroatoms. The van der Waals surface area contributed by atoms with E-state index < -0.39 is 0 Å². The zero-order valence-corrected chi connectivity index (χ0v) is 18.8. The Labute approximate surface area is 189 Å². The SMILES string of the molecule is CC(CNC(=O)CCc1nc(-c2ccccc2)c(-c2ccccc2)o1)N1CCOCC1C. The molecule has 4 rings (SSSR count). The molecule has 2 heterocycles. The molecule has 2 atom stereocenters. The van der Waals surface area contributed by atoms with Crippen molar-refractivity contribution in [3.05, 3.63) is 66.6 Å². The number of nitrogens with one attached hydrogen (secondary N) is 1. The number of morpholine rings is 1. The van der Waals surface area contributed by atoms with Crippen molar-refractivity contribution in [1.82, 2.24) is 15.2 Å². The van der Waals surface area contributed by atoms with Crippen LogP contribution in [0.25, 0.3) is 22.6 Å². The molecule has 168 valence electrons. The zero-order chi connectivity index (χ0) is 22.3. The molecule has 1 fully saturated rings. The van der Waals surface area contributed by atoms with Gasteiger partial charge in [-0.15, -0.1) is 0 Å². The van der Waals surface area contributed by atoms with Crippen LogP contribution in [0.4, 0.5) is 0 Å². The fourth-order valence-electron chi connectivity index (χ4n) is 4.13. The molecule has 0 bridgehead atoms. The van der Waals surface area contributed by atoms with E-state index in [0.29, 0.717) is 31.3 Å². The van der Waals surface area contributed by atoms with Gasteiger partial charge in [0.1, 0.15) is 5.69 Å². The van der Waals surface area contributed by atoms with Gasteiger partial charge in [-0.2, -0.15) is 0 Å². The van der Waals surface area contributed by atoms with Crippen LogP contribution in [-0.4, -0.2) is 54.2 Å². The summed E-state index contributed by atoms with van der Waals surface area (Å²) in [5.41, 5.74) is 2.78. The molecule has 2 unspecified atom stereocenters. The molecule has 1 aliphatic rings. The highest BCUT2D eigenvalue weighted by atomic mass is 16.5. The quantitative estimate of drug-likeness (QED) is 0.578. The lowest BCUT2D eigenvalue weighted by molar-refractivity contribution is -0.121. The average molecular weight is 434 g/mol. The molecule has 1 N–H and O–H groups in total. The van der Waals surface area contributed by atoms with Crippen LogP contribution in [-0.2, 0) is 16.0 Å². The van der Waals surface area contributed by atoms with E-state index >= 15 is 0 Å². The lowest BCUT2D eigenvalue weighted by Gasteiger charge is -2.37. The Morgan fingerprint density at radius 2 is 1.81 bits per heavy atom. The van der Waals surface area contributed by atoms with Gasteiger partial charge < -0.3 is 14.5 Å². The first-order valence-electron chi connectivity index (χ1n) is 11.3. The van der Waals surface area contributed by atoms with Crippen molar-refractivity contribution in [3.63, 3.8) is 0 Å². The van der Waals surface area contributed by atoms with E-state index in [1.54, 1.807) is 0 Å². The standard InChI is InChI=1S/C26H31N3O3/c1-19(29-15-16-31-18-20(29)2)17-27-23(30)13-14-24-28-25(21-9-5-3-6-10-21)26(32-24)22-11-7-4-8-12-22/h3-12,19-20H,13-18H2,1-2H3,(H,27,30). The molecule has 2 aromatic carbocycles. The maximum absolute atomic E-state index is 12.5. The number of ether oxygens (including phenoxy) is 1. The topological polar surface area (TPSA) is 67.6 Å². The van der Waals surface area contributed by atoms with Gasteiger partial charge in [0.2, 0.25) is 5.91 Å². The molecule has 0 radical (unpaired) electrons.